The van der Waals surface area contributed by atoms with Crippen LogP contribution in [0.15, 0.2) is 76.2 Å². The van der Waals surface area contributed by atoms with E-state index < -0.39 is 11.6 Å². The summed E-state index contributed by atoms with van der Waals surface area (Å²) in [7, 11) is 0. The number of aromatic nitrogens is 1. The molecule has 3 aromatic heterocycles. The number of hydrogen-bond donors (Lipinski definition) is 4. The van der Waals surface area contributed by atoms with Crippen molar-refractivity contribution in [1.82, 2.24) is 14.8 Å². The van der Waals surface area contributed by atoms with Crippen molar-refractivity contribution in [3.05, 3.63) is 108 Å². The molecule has 1 spiro atoms. The minimum absolute atomic E-state index is 0.0327. The number of benzene rings is 2. The predicted octanol–water partition coefficient (Wildman–Crippen LogP) is 6.55. The highest BCUT2D eigenvalue weighted by molar-refractivity contribution is 7.16. The maximum absolute atomic E-state index is 13.4. The fraction of sp³-hybridized carbons (Fsp3) is 0.375. The van der Waals surface area contributed by atoms with Gasteiger partial charge in [0.05, 0.1) is 25.7 Å². The molecule has 10 nitrogen and oxygen atoms in total. The average molecular weight is 773 g/mol. The monoisotopic (exact) mass is 772 g/mol. The summed E-state index contributed by atoms with van der Waals surface area (Å²) in [6, 6.07) is 16.9. The number of fused-ring (bicyclic) bond motifs is 1. The van der Waals surface area contributed by atoms with Crippen LogP contribution in [0.4, 0.5) is 5.69 Å². The van der Waals surface area contributed by atoms with Gasteiger partial charge in [0.15, 0.2) is 0 Å². The molecule has 1 saturated carbocycles. The Bertz CT molecular complexity index is 2100. The highest BCUT2D eigenvalue weighted by Crippen LogP contribution is 2.50. The number of phenolic OH excluding ortho intramolecular Hbond substituents is 1. The Morgan fingerprint density at radius 1 is 1.09 bits per heavy atom. The summed E-state index contributed by atoms with van der Waals surface area (Å²) in [5, 5.41) is 31.6. The first-order chi connectivity index (χ1) is 25.7. The predicted molar refractivity (Wildman–Crippen MR) is 213 cm³/mol. The van der Waals surface area contributed by atoms with Crippen molar-refractivity contribution >= 4 is 68.4 Å². The molecule has 2 aromatic carbocycles. The lowest BCUT2D eigenvalue weighted by molar-refractivity contribution is -0.178. The second kappa shape index (κ2) is 16.1. The van der Waals surface area contributed by atoms with E-state index in [0.29, 0.717) is 47.9 Å². The summed E-state index contributed by atoms with van der Waals surface area (Å²) in [4.78, 5) is 41.1. The van der Waals surface area contributed by atoms with E-state index in [1.807, 2.05) is 58.7 Å². The molecule has 0 bridgehead atoms. The third-order valence-corrected chi connectivity index (χ3v) is 13.4. The van der Waals surface area contributed by atoms with Crippen molar-refractivity contribution in [1.29, 1.82) is 0 Å². The number of hydrogen-bond acceptors (Lipinski definition) is 11. The highest BCUT2D eigenvalue weighted by atomic mass is 32.1. The van der Waals surface area contributed by atoms with Gasteiger partial charge in [-0.15, -0.1) is 22.7 Å². The number of aliphatic hydroxyl groups is 1. The molecule has 278 valence electrons. The maximum Gasteiger partial charge on any atom is 0.349 e. The Labute approximate surface area is 320 Å². The second-order valence-corrected chi connectivity index (χ2v) is 16.9. The summed E-state index contributed by atoms with van der Waals surface area (Å²) in [5.41, 5.74) is 2.65. The third-order valence-electron chi connectivity index (χ3n) is 10.5. The summed E-state index contributed by atoms with van der Waals surface area (Å²) < 4.78 is 8.80. The van der Waals surface area contributed by atoms with Gasteiger partial charge in [-0.2, -0.15) is 0 Å². The van der Waals surface area contributed by atoms with Gasteiger partial charge in [0.2, 0.25) is 12.0 Å². The number of carbonyl (C=O) groups excluding carboxylic acids is 2. The first-order valence-corrected chi connectivity index (χ1v) is 20.5. The van der Waals surface area contributed by atoms with E-state index in [4.69, 9.17) is 4.74 Å². The summed E-state index contributed by atoms with van der Waals surface area (Å²) in [6.07, 6.45) is 8.39. The Morgan fingerprint density at radius 2 is 1.87 bits per heavy atom. The minimum atomic E-state index is -1.77. The molecule has 7 rings (SSSR count). The van der Waals surface area contributed by atoms with Crippen LogP contribution in [0.2, 0.25) is 0 Å². The smallest absolute Gasteiger partial charge is 0.349 e. The number of nitrogens with one attached hydrogen (secondary N) is 2. The Balaban J connectivity index is 0.873. The van der Waals surface area contributed by atoms with E-state index >= 15 is 0 Å². The molecule has 1 amide bonds. The Hall–Kier alpha value is -4.11. The topological polar surface area (TPSA) is 133 Å². The Kier molecular flexibility index (Phi) is 11.3. The molecule has 53 heavy (non-hydrogen) atoms. The number of rotatable bonds is 16. The van der Waals surface area contributed by atoms with Crippen molar-refractivity contribution in [2.75, 3.05) is 31.5 Å². The molecule has 2 aliphatic rings. The van der Waals surface area contributed by atoms with Crippen LogP contribution in [0.1, 0.15) is 59.1 Å². The van der Waals surface area contributed by atoms with Crippen molar-refractivity contribution in [3.8, 4) is 5.75 Å². The lowest BCUT2D eigenvalue weighted by atomic mass is 9.66. The number of ether oxygens (including phenoxy) is 1. The largest absolute Gasteiger partial charge is 0.506 e. The van der Waals surface area contributed by atoms with Crippen molar-refractivity contribution in [2.45, 2.75) is 63.8 Å². The number of thiazole rings is 1. The van der Waals surface area contributed by atoms with Crippen molar-refractivity contribution < 1.29 is 24.5 Å². The molecular weight excluding hydrogens is 729 g/mol. The van der Waals surface area contributed by atoms with E-state index in [1.165, 1.54) is 34.0 Å². The molecule has 5 aromatic rings. The number of thiophene rings is 2. The van der Waals surface area contributed by atoms with Crippen molar-refractivity contribution in [3.63, 3.8) is 0 Å². The van der Waals surface area contributed by atoms with Gasteiger partial charge in [0.25, 0.3) is 0 Å². The van der Waals surface area contributed by atoms with Crippen LogP contribution in [-0.4, -0.2) is 64.3 Å². The lowest BCUT2D eigenvalue weighted by Gasteiger charge is -2.45. The number of aryl methyl sites for hydroxylation is 1. The maximum atomic E-state index is 13.4. The number of aromatic hydroxyl groups is 1. The minimum Gasteiger partial charge on any atom is -0.506 e. The number of likely N-dealkylation sites (tertiary alicyclic amines) is 1. The number of anilines is 1. The fourth-order valence-electron chi connectivity index (χ4n) is 7.85. The molecule has 0 unspecified atom stereocenters. The van der Waals surface area contributed by atoms with Crippen LogP contribution >= 0.6 is 34.0 Å². The zero-order chi connectivity index (χ0) is 37.0. The van der Waals surface area contributed by atoms with E-state index in [2.05, 4.69) is 27.7 Å². The van der Waals surface area contributed by atoms with Gasteiger partial charge in [-0.25, -0.2) is 4.79 Å². The van der Waals surface area contributed by atoms with Crippen molar-refractivity contribution in [2.24, 2.45) is 5.41 Å². The van der Waals surface area contributed by atoms with Gasteiger partial charge < -0.3 is 30.5 Å². The summed E-state index contributed by atoms with van der Waals surface area (Å²) >= 11 is 3.99. The molecular formula is C40H44N4O6S3. The fourth-order valence-corrected chi connectivity index (χ4v) is 10.5. The second-order valence-electron chi connectivity index (χ2n) is 14.0. The molecule has 13 heteroatoms. The van der Waals surface area contributed by atoms with E-state index in [9.17, 15) is 24.6 Å². The van der Waals surface area contributed by atoms with Gasteiger partial charge >= 0.3 is 10.8 Å². The van der Waals surface area contributed by atoms with Crippen LogP contribution in [0, 0.1) is 5.41 Å². The van der Waals surface area contributed by atoms with Crippen LogP contribution in [0.3, 0.4) is 0 Å². The summed E-state index contributed by atoms with van der Waals surface area (Å²) in [6.45, 7) is 6.75. The number of nitrogens with zero attached hydrogens (tertiary/aromatic N) is 2. The molecule has 1 aliphatic heterocycles. The zero-order valence-corrected chi connectivity index (χ0v) is 32.0. The van der Waals surface area contributed by atoms with Crippen LogP contribution in [0.25, 0.3) is 16.3 Å². The molecule has 0 atom stereocenters. The normalized spacial score (nSPS) is 18.9. The van der Waals surface area contributed by atoms with Crippen LogP contribution in [0.5, 0.6) is 5.75 Å². The van der Waals surface area contributed by atoms with Gasteiger partial charge in [-0.1, -0.05) is 47.8 Å². The zero-order valence-electron chi connectivity index (χ0n) is 29.6. The molecule has 1 saturated heterocycles. The standard InChI is InChI=1S/C40H44N4O6S3/c1-2-6-30-28(10-12-32(46)36(30)42-26-45)13-15-41-24-27-9-11-31-33(21-27)53-38(48)44(31)17-5-16-43-18-14-39(25-43)22-29(23-39)50-37(47)40(49,34-7-3-19-51-34)35-8-4-20-52-35/h2-4,6-12,19-21,26,29,41,46,49H,5,13-18,22-25H2,1H3,(H,42,45)/b6-2-. The lowest BCUT2D eigenvalue weighted by Crippen LogP contribution is -2.48. The first kappa shape index (κ1) is 37.2. The molecule has 4 N–H and O–H groups in total. The summed E-state index contributed by atoms with van der Waals surface area (Å²) in [5.74, 6) is -0.562. The quantitative estimate of drug-likeness (QED) is 0.0385. The number of amides is 1. The van der Waals surface area contributed by atoms with Crippen LogP contribution < -0.4 is 15.5 Å². The first-order valence-electron chi connectivity index (χ1n) is 18.0. The number of allylic oxidation sites excluding steroid dienone is 1. The third kappa shape index (κ3) is 7.78. The number of carbonyl (C=O) groups is 2. The van der Waals surface area contributed by atoms with Gasteiger partial charge in [0.1, 0.15) is 11.9 Å². The SMILES string of the molecule is C/C=C\c1c(CCNCc2ccc3c(c2)sc(=O)n3CCCN2CCC3(CC(OC(=O)C(O)(c4cccs4)c4cccs4)C3)C2)ccc(O)c1NC=O. The van der Waals surface area contributed by atoms with Crippen LogP contribution in [-0.2, 0) is 39.4 Å². The number of phenols is 1. The molecule has 2 fully saturated rings. The van der Waals surface area contributed by atoms with E-state index in [0.717, 1.165) is 72.2 Å². The van der Waals surface area contributed by atoms with Gasteiger partial charge in [-0.3, -0.25) is 14.2 Å². The number of esters is 1. The van der Waals surface area contributed by atoms with Gasteiger partial charge in [-0.05, 0) is 116 Å². The Morgan fingerprint density at radius 3 is 2.57 bits per heavy atom. The van der Waals surface area contributed by atoms with E-state index in [1.54, 1.807) is 18.2 Å². The molecule has 0 radical (unpaired) electrons. The highest BCUT2D eigenvalue weighted by Gasteiger charge is 2.52. The molecule has 4 heterocycles. The van der Waals surface area contributed by atoms with Gasteiger partial charge in [0, 0.05) is 25.2 Å². The van der Waals surface area contributed by atoms with E-state index in [-0.39, 0.29) is 22.1 Å². The average Bonchev–Trinajstić information content (AvgIpc) is 3.97. The molecule has 1 aliphatic carbocycles.